The van der Waals surface area contributed by atoms with E-state index in [2.05, 4.69) is 106 Å². The van der Waals surface area contributed by atoms with E-state index >= 15 is 0 Å². The van der Waals surface area contributed by atoms with Gasteiger partial charge in [-0.15, -0.1) is 0 Å². The average molecular weight is 2000 g/mol. The van der Waals surface area contributed by atoms with E-state index in [9.17, 15) is 55.9 Å². The molecule has 34 nitrogen and oxygen atoms in total. The fraction of sp³-hybridized carbons (Fsp3) is 0.922. The van der Waals surface area contributed by atoms with Crippen LogP contribution in [0.15, 0.2) is 0 Å². The summed E-state index contributed by atoms with van der Waals surface area (Å²) in [7, 11) is 27.3. The maximum absolute atomic E-state index is 12.2. The molecule has 8 amide bonds. The molecule has 0 radical (unpaired) electrons. The van der Waals surface area contributed by atoms with Crippen LogP contribution in [0.5, 0.6) is 0 Å². The number of piperidine rings is 8. The van der Waals surface area contributed by atoms with Crippen LogP contribution in [0, 0.1) is 47.3 Å². The summed E-state index contributed by atoms with van der Waals surface area (Å²) in [6.45, 7) is 26.0. The third-order valence-corrected chi connectivity index (χ3v) is 33.1. The molecule has 8 atom stereocenters. The van der Waals surface area contributed by atoms with E-state index in [0.717, 1.165) is 285 Å². The van der Waals surface area contributed by atoms with Crippen molar-refractivity contribution in [2.75, 3.05) is 296 Å². The van der Waals surface area contributed by atoms with Crippen LogP contribution in [0.25, 0.3) is 0 Å². The number of methoxy groups -OCH3 is 3. The number of rotatable bonds is 16. The molecule has 1 N–H and O–H groups in total. The number of hydroxylamine groups is 1. The van der Waals surface area contributed by atoms with Gasteiger partial charge in [0.25, 0.3) is 0 Å². The summed E-state index contributed by atoms with van der Waals surface area (Å²) in [5.74, 6) is 4.99. The van der Waals surface area contributed by atoms with Crippen molar-refractivity contribution in [2.24, 2.45) is 47.3 Å². The Kier molecular flexibility index (Phi) is 51.1. The number of amides is 8. The molecule has 2 unspecified atom stereocenters. The van der Waals surface area contributed by atoms with Gasteiger partial charge in [0, 0.05) is 114 Å². The molecule has 0 saturated carbocycles. The average Bonchev–Trinajstić information content (AvgIpc) is 1.68. The van der Waals surface area contributed by atoms with Crippen LogP contribution < -0.4 is 5.48 Å². The number of carbonyl (C=O) groups excluding carboxylic acids is 8. The van der Waals surface area contributed by atoms with Gasteiger partial charge < -0.3 is 121 Å². The van der Waals surface area contributed by atoms with Crippen LogP contribution in [-0.2, 0) is 38.0 Å². The minimum atomic E-state index is -4.46. The number of hydrogen-bond donors (Lipinski definition) is 1. The molecule has 808 valence electrons. The molecule has 140 heavy (non-hydrogen) atoms. The summed E-state index contributed by atoms with van der Waals surface area (Å²) >= 11 is 0. The summed E-state index contributed by atoms with van der Waals surface area (Å²) < 4.78 is 82.7. The zero-order chi connectivity index (χ0) is 101. The number of likely N-dealkylation sites (tertiary alicyclic amines) is 16. The van der Waals surface area contributed by atoms with Gasteiger partial charge in [0.15, 0.2) is 6.61 Å². The first-order valence-corrected chi connectivity index (χ1v) is 53.9. The Morgan fingerprint density at radius 1 is 0.279 bits per heavy atom. The lowest BCUT2D eigenvalue weighted by Crippen LogP contribution is -2.45. The van der Waals surface area contributed by atoms with E-state index in [-0.39, 0.29) is 55.3 Å². The van der Waals surface area contributed by atoms with Crippen molar-refractivity contribution in [3.05, 3.63) is 0 Å². The zero-order valence-electron chi connectivity index (χ0n) is 88.7. The molecule has 16 aliphatic heterocycles. The zero-order valence-corrected chi connectivity index (χ0v) is 88.7. The van der Waals surface area contributed by atoms with Crippen molar-refractivity contribution in [1.82, 2.24) is 88.8 Å². The van der Waals surface area contributed by atoms with Gasteiger partial charge in [-0.2, -0.15) is 18.7 Å². The van der Waals surface area contributed by atoms with E-state index in [1.54, 1.807) is 7.05 Å². The lowest BCUT2D eigenvalue weighted by molar-refractivity contribution is -0.162. The quantitative estimate of drug-likeness (QED) is 0.0854. The van der Waals surface area contributed by atoms with Crippen molar-refractivity contribution in [1.29, 1.82) is 0 Å². The molecule has 0 aliphatic carbocycles. The van der Waals surface area contributed by atoms with Crippen molar-refractivity contribution < 1.29 is 93.9 Å². The van der Waals surface area contributed by atoms with Gasteiger partial charge in [0.05, 0.1) is 27.9 Å². The third kappa shape index (κ3) is 37.1. The van der Waals surface area contributed by atoms with Gasteiger partial charge in [-0.3, -0.25) is 0 Å². The molecule has 0 bridgehead atoms. The number of carbonyl (C=O) groups is 8. The number of halogens is 4. The normalized spacial score (nSPS) is 27.1. The second-order valence-corrected chi connectivity index (χ2v) is 42.9. The van der Waals surface area contributed by atoms with Crippen molar-refractivity contribution in [3.8, 4) is 0 Å². The molecule has 16 heterocycles. The van der Waals surface area contributed by atoms with Crippen LogP contribution >= 0.6 is 0 Å². The highest BCUT2D eigenvalue weighted by Crippen LogP contribution is 2.40. The van der Waals surface area contributed by atoms with E-state index in [0.29, 0.717) is 109 Å². The lowest BCUT2D eigenvalue weighted by Gasteiger charge is -2.36. The number of nitrogens with one attached hydrogen (secondary N) is 1. The summed E-state index contributed by atoms with van der Waals surface area (Å²) in [6.07, 6.45) is 29.9. The minimum Gasteiger partial charge on any atom is -0.453 e. The Labute approximate surface area is 837 Å². The first-order valence-electron chi connectivity index (χ1n) is 53.9. The van der Waals surface area contributed by atoms with E-state index in [1.807, 2.05) is 60.2 Å². The molecular weight excluding hydrogens is 1810 g/mol. The van der Waals surface area contributed by atoms with E-state index in [4.69, 9.17) is 33.3 Å². The third-order valence-electron chi connectivity index (χ3n) is 33.1. The highest BCUT2D eigenvalue weighted by atomic mass is 19.4. The molecular formula is C102H186F4N18O16. The molecule has 0 spiro atoms. The van der Waals surface area contributed by atoms with E-state index < -0.39 is 25.6 Å². The van der Waals surface area contributed by atoms with Gasteiger partial charge in [-0.05, 0) is 435 Å². The Morgan fingerprint density at radius 2 is 0.464 bits per heavy atom. The van der Waals surface area contributed by atoms with Crippen molar-refractivity contribution in [3.63, 3.8) is 0 Å². The minimum absolute atomic E-state index is 0.0458. The number of likely N-dealkylation sites (N-methyl/N-ethyl adjacent to an activating group) is 1. The largest absolute Gasteiger partial charge is 0.453 e. The van der Waals surface area contributed by atoms with Crippen LogP contribution in [0.1, 0.15) is 212 Å². The fourth-order valence-corrected chi connectivity index (χ4v) is 24.9. The monoisotopic (exact) mass is 2000 g/mol. The smallest absolute Gasteiger partial charge is 0.428 e. The van der Waals surface area contributed by atoms with Crippen molar-refractivity contribution in [2.45, 2.75) is 267 Å². The Morgan fingerprint density at radius 3 is 0.643 bits per heavy atom. The van der Waals surface area contributed by atoms with Gasteiger partial charge in [-0.25, -0.2) is 42.7 Å². The summed E-state index contributed by atoms with van der Waals surface area (Å²) in [4.78, 5) is 135. The maximum Gasteiger partial charge on any atom is 0.428 e. The van der Waals surface area contributed by atoms with Gasteiger partial charge in [0.1, 0.15) is 19.9 Å². The van der Waals surface area contributed by atoms with Crippen LogP contribution in [0.2, 0.25) is 0 Å². The van der Waals surface area contributed by atoms with Crippen LogP contribution in [-0.4, -0.2) is 482 Å². The number of hydrogen-bond acceptors (Lipinski definition) is 26. The summed E-state index contributed by atoms with van der Waals surface area (Å²) in [5.41, 5.74) is 2.48. The summed E-state index contributed by atoms with van der Waals surface area (Å²) in [6, 6.07) is 2.89. The number of nitrogens with zero attached hydrogens (tertiary/aromatic N) is 17. The van der Waals surface area contributed by atoms with Crippen molar-refractivity contribution >= 4 is 48.7 Å². The molecule has 16 aliphatic rings. The first kappa shape index (κ1) is 117. The standard InChI is InChI=1S/C15H29N3O2.C13H21F3N2O2.C13H23FN2O2.C13H24N2O2.C12H23N3O2.3C12H22N2O2/c1-16(2)11-12-20-15(19)18-8-4-5-14(18)13-6-9-17(3)10-7-13;1-17-7-4-10(5-8-17)11-3-2-6-18(11)12(19)20-9-13(14,15)16;1-15-8-4-11(5-9-15)12-3-2-7-16(12)13(17)18-10-6-14;1-3-17-13(16)15-8-4-5-12(15)11-6-9-14(2)10-7-11;1-13-17-12(16)15-7-3-4-11(15)10-5-8-14(2)9-6-10;3*1-13-8-5-10(6-9-13)11-4-3-7-14(11)12(15)16-2/h13-14H,4-12H2,1-3H3;10-11H,2-9H2,1H3;11-12H,2-10H2,1H3;11-12H,3-10H2,1-2H3;10-11,13H,3-9H2,1-2H3;3*10-11H,3-9H2,1-2H3/t14-;11-;12-;;3*11-;/m000.010./s1. The number of alkyl halides is 4. The highest BCUT2D eigenvalue weighted by molar-refractivity contribution is 5.71. The molecule has 16 saturated heterocycles. The lowest BCUT2D eigenvalue weighted by atomic mass is 9.88. The first-order chi connectivity index (χ1) is 67.3. The molecule has 16 rings (SSSR count). The Hall–Kier alpha value is -6.52. The fourth-order valence-electron chi connectivity index (χ4n) is 24.9. The Bertz CT molecular complexity index is 3380. The van der Waals surface area contributed by atoms with Gasteiger partial charge >= 0.3 is 54.9 Å². The van der Waals surface area contributed by atoms with E-state index in [1.165, 1.54) is 103 Å². The molecule has 0 aromatic rings. The predicted octanol–water partition coefficient (Wildman–Crippen LogP) is 13.6. The second kappa shape index (κ2) is 61.2. The maximum atomic E-state index is 12.2. The van der Waals surface area contributed by atoms with Crippen LogP contribution in [0.4, 0.5) is 55.9 Å². The predicted molar refractivity (Wildman–Crippen MR) is 534 cm³/mol. The molecule has 0 aromatic carbocycles. The number of ether oxygens (including phenoxy) is 7. The molecule has 38 heteroatoms. The topological polar surface area (TPSA) is 278 Å². The van der Waals surface area contributed by atoms with Crippen LogP contribution in [0.3, 0.4) is 0 Å². The second-order valence-electron chi connectivity index (χ2n) is 42.9. The van der Waals surface area contributed by atoms with Gasteiger partial charge in [-0.1, -0.05) is 0 Å². The molecule has 16 fully saturated rings. The summed E-state index contributed by atoms with van der Waals surface area (Å²) in [5, 5.41) is 0. The SMILES string of the molecule is CCOC(=O)N1CCCC1C1CCN(C)CC1.CN(C)CCOC(=O)N1CCC[C@H]1C1CCN(C)CC1.CN1CCC([C@@H]2CCCN2C(=O)OCC(F)(F)F)CC1.CN1CCC([C@@H]2CCCN2C(=O)OCCF)CC1.CNOC(=O)N1CCC[C@H]1C1CCN(C)CC1.COC(=O)N1CCCC1C1CCN(C)CC1.COC(=O)N1CCC[C@@H]1C1CCN(C)CC1.COC(=O)N1CCC[C@H]1C1CCN(C)CC1. The Balaban J connectivity index is 0.000000179. The van der Waals surface area contributed by atoms with Gasteiger partial charge in [0.2, 0.25) is 0 Å². The highest BCUT2D eigenvalue weighted by Gasteiger charge is 2.46. The molecule has 0 aromatic heterocycles.